The molecule has 2 aromatic rings. The molecule has 0 bridgehead atoms. The number of aromatic nitrogens is 2. The standard InChI is InChI=1S/C12H17N5O2S/c1-10(9-17-8-4-7-14-17)16-20(18,19)12-6-3-2-5-11(12)15-13/h2-8,10,15-16H,9,13H2,1H3. The third kappa shape index (κ3) is 3.35. The molecule has 0 amide bonds. The van der Waals surface area contributed by atoms with E-state index in [4.69, 9.17) is 5.84 Å². The number of nitrogens with two attached hydrogens (primary N) is 1. The van der Waals surface area contributed by atoms with Crippen molar-refractivity contribution in [2.24, 2.45) is 5.84 Å². The highest BCUT2D eigenvalue weighted by molar-refractivity contribution is 7.89. The van der Waals surface area contributed by atoms with Gasteiger partial charge in [0.15, 0.2) is 0 Å². The van der Waals surface area contributed by atoms with Crippen molar-refractivity contribution < 1.29 is 8.42 Å². The first-order valence-electron chi connectivity index (χ1n) is 6.08. The number of anilines is 1. The Morgan fingerprint density at radius 3 is 2.75 bits per heavy atom. The number of benzene rings is 1. The number of hydrazine groups is 1. The molecule has 1 atom stereocenters. The zero-order valence-corrected chi connectivity index (χ0v) is 11.8. The number of nitrogen functional groups attached to an aromatic ring is 1. The predicted molar refractivity (Wildman–Crippen MR) is 76.3 cm³/mol. The smallest absolute Gasteiger partial charge is 0.242 e. The Labute approximate surface area is 117 Å². The Morgan fingerprint density at radius 2 is 2.10 bits per heavy atom. The zero-order chi connectivity index (χ0) is 14.6. The Balaban J connectivity index is 2.14. The molecule has 0 aliphatic rings. The monoisotopic (exact) mass is 295 g/mol. The SMILES string of the molecule is CC(Cn1cccn1)NS(=O)(=O)c1ccccc1NN. The maximum Gasteiger partial charge on any atom is 0.242 e. The minimum Gasteiger partial charge on any atom is -0.323 e. The van der Waals surface area contributed by atoms with Gasteiger partial charge in [0.1, 0.15) is 4.90 Å². The molecule has 0 radical (unpaired) electrons. The van der Waals surface area contributed by atoms with E-state index < -0.39 is 10.0 Å². The molecule has 0 saturated carbocycles. The zero-order valence-electron chi connectivity index (χ0n) is 11.0. The van der Waals surface area contributed by atoms with E-state index in [2.05, 4.69) is 15.2 Å². The van der Waals surface area contributed by atoms with Gasteiger partial charge in [0.25, 0.3) is 0 Å². The van der Waals surface area contributed by atoms with Crippen LogP contribution in [0.1, 0.15) is 6.92 Å². The van der Waals surface area contributed by atoms with E-state index in [1.54, 1.807) is 48.3 Å². The van der Waals surface area contributed by atoms with Crippen LogP contribution in [-0.2, 0) is 16.6 Å². The van der Waals surface area contributed by atoms with Crippen LogP contribution < -0.4 is 16.0 Å². The molecule has 1 aromatic heterocycles. The van der Waals surface area contributed by atoms with E-state index >= 15 is 0 Å². The Kier molecular flexibility index (Phi) is 4.38. The molecule has 0 aliphatic carbocycles. The van der Waals surface area contributed by atoms with E-state index in [0.717, 1.165) is 0 Å². The minimum absolute atomic E-state index is 0.120. The van der Waals surface area contributed by atoms with E-state index in [0.29, 0.717) is 12.2 Å². The van der Waals surface area contributed by atoms with Crippen LogP contribution in [0.15, 0.2) is 47.6 Å². The van der Waals surface area contributed by atoms with Crippen LogP contribution in [0.2, 0.25) is 0 Å². The molecule has 1 aromatic carbocycles. The van der Waals surface area contributed by atoms with Gasteiger partial charge >= 0.3 is 0 Å². The molecule has 0 fully saturated rings. The van der Waals surface area contributed by atoms with Crippen LogP contribution in [0, 0.1) is 0 Å². The highest BCUT2D eigenvalue weighted by Crippen LogP contribution is 2.19. The van der Waals surface area contributed by atoms with Gasteiger partial charge in [-0.2, -0.15) is 5.10 Å². The van der Waals surface area contributed by atoms with Crippen molar-refractivity contribution in [3.63, 3.8) is 0 Å². The Hall–Kier alpha value is -1.90. The van der Waals surface area contributed by atoms with Crippen molar-refractivity contribution in [1.29, 1.82) is 0 Å². The van der Waals surface area contributed by atoms with Gasteiger partial charge in [-0.15, -0.1) is 0 Å². The average Bonchev–Trinajstić information content (AvgIpc) is 2.90. The van der Waals surface area contributed by atoms with Crippen molar-refractivity contribution in [3.8, 4) is 0 Å². The van der Waals surface area contributed by atoms with Crippen molar-refractivity contribution >= 4 is 15.7 Å². The van der Waals surface area contributed by atoms with Gasteiger partial charge in [-0.05, 0) is 25.1 Å². The Morgan fingerprint density at radius 1 is 1.35 bits per heavy atom. The van der Waals surface area contributed by atoms with E-state index in [1.807, 2.05) is 0 Å². The summed E-state index contributed by atoms with van der Waals surface area (Å²) in [4.78, 5) is 0.120. The summed E-state index contributed by atoms with van der Waals surface area (Å²) in [6.45, 7) is 2.22. The summed E-state index contributed by atoms with van der Waals surface area (Å²) < 4.78 is 28.9. The van der Waals surface area contributed by atoms with Crippen LogP contribution in [0.25, 0.3) is 0 Å². The lowest BCUT2D eigenvalue weighted by atomic mass is 10.3. The molecule has 108 valence electrons. The normalized spacial score (nSPS) is 13.1. The maximum atomic E-state index is 12.3. The van der Waals surface area contributed by atoms with Gasteiger partial charge in [-0.25, -0.2) is 13.1 Å². The molecule has 0 aliphatic heterocycles. The van der Waals surface area contributed by atoms with E-state index in [-0.39, 0.29) is 10.9 Å². The predicted octanol–water partition coefficient (Wildman–Crippen LogP) is 0.536. The molecular weight excluding hydrogens is 278 g/mol. The summed E-state index contributed by atoms with van der Waals surface area (Å²) in [6.07, 6.45) is 3.43. The number of nitrogens with one attached hydrogen (secondary N) is 2. The number of sulfonamides is 1. The lowest BCUT2D eigenvalue weighted by Crippen LogP contribution is -2.36. The van der Waals surface area contributed by atoms with Crippen LogP contribution >= 0.6 is 0 Å². The van der Waals surface area contributed by atoms with Gasteiger partial charge in [0.2, 0.25) is 10.0 Å². The lowest BCUT2D eigenvalue weighted by Gasteiger charge is -2.16. The summed E-state index contributed by atoms with van der Waals surface area (Å²) in [7, 11) is -3.64. The van der Waals surface area contributed by atoms with Crippen LogP contribution in [0.4, 0.5) is 5.69 Å². The Bertz CT molecular complexity index is 654. The number of hydrogen-bond donors (Lipinski definition) is 3. The van der Waals surface area contributed by atoms with Crippen molar-refractivity contribution in [3.05, 3.63) is 42.7 Å². The molecule has 0 spiro atoms. The third-order valence-corrected chi connectivity index (χ3v) is 4.36. The quantitative estimate of drug-likeness (QED) is 0.533. The second kappa shape index (κ2) is 6.04. The molecule has 20 heavy (non-hydrogen) atoms. The third-order valence-electron chi connectivity index (χ3n) is 2.71. The van der Waals surface area contributed by atoms with Crippen molar-refractivity contribution in [1.82, 2.24) is 14.5 Å². The number of nitrogens with zero attached hydrogens (tertiary/aromatic N) is 2. The maximum absolute atomic E-state index is 12.3. The highest BCUT2D eigenvalue weighted by Gasteiger charge is 2.20. The van der Waals surface area contributed by atoms with Crippen LogP contribution in [0.5, 0.6) is 0 Å². The summed E-state index contributed by atoms with van der Waals surface area (Å²) in [5, 5.41) is 4.04. The first-order chi connectivity index (χ1) is 9.53. The topological polar surface area (TPSA) is 102 Å². The van der Waals surface area contributed by atoms with Gasteiger partial charge in [0.05, 0.1) is 12.2 Å². The minimum atomic E-state index is -3.64. The summed E-state index contributed by atoms with van der Waals surface area (Å²) >= 11 is 0. The first kappa shape index (κ1) is 14.5. The number of para-hydroxylation sites is 1. The van der Waals surface area contributed by atoms with Crippen molar-refractivity contribution in [2.45, 2.75) is 24.4 Å². The second-order valence-electron chi connectivity index (χ2n) is 4.39. The molecule has 4 N–H and O–H groups in total. The van der Waals surface area contributed by atoms with Gasteiger partial charge in [-0.3, -0.25) is 10.5 Å². The van der Waals surface area contributed by atoms with Crippen LogP contribution in [0.3, 0.4) is 0 Å². The van der Waals surface area contributed by atoms with E-state index in [9.17, 15) is 8.42 Å². The molecule has 1 heterocycles. The molecule has 7 nitrogen and oxygen atoms in total. The van der Waals surface area contributed by atoms with E-state index in [1.165, 1.54) is 6.07 Å². The average molecular weight is 295 g/mol. The fourth-order valence-electron chi connectivity index (χ4n) is 1.87. The first-order valence-corrected chi connectivity index (χ1v) is 7.56. The summed E-state index contributed by atoms with van der Waals surface area (Å²) in [5.74, 6) is 5.33. The highest BCUT2D eigenvalue weighted by atomic mass is 32.2. The molecule has 8 heteroatoms. The summed E-state index contributed by atoms with van der Waals surface area (Å²) in [6, 6.07) is 7.94. The molecular formula is C12H17N5O2S. The summed E-state index contributed by atoms with van der Waals surface area (Å²) in [5.41, 5.74) is 2.74. The molecule has 1 unspecified atom stereocenters. The fourth-order valence-corrected chi connectivity index (χ4v) is 3.28. The number of rotatable bonds is 6. The largest absolute Gasteiger partial charge is 0.323 e. The number of hydrogen-bond acceptors (Lipinski definition) is 5. The molecule has 2 rings (SSSR count). The van der Waals surface area contributed by atoms with Crippen LogP contribution in [-0.4, -0.2) is 24.2 Å². The van der Waals surface area contributed by atoms with Gasteiger partial charge in [0, 0.05) is 18.4 Å². The van der Waals surface area contributed by atoms with Gasteiger partial charge < -0.3 is 5.43 Å². The van der Waals surface area contributed by atoms with Gasteiger partial charge in [-0.1, -0.05) is 12.1 Å². The van der Waals surface area contributed by atoms with Crippen molar-refractivity contribution in [2.75, 3.05) is 5.43 Å². The fraction of sp³-hybridized carbons (Fsp3) is 0.250. The second-order valence-corrected chi connectivity index (χ2v) is 6.07. The lowest BCUT2D eigenvalue weighted by molar-refractivity contribution is 0.494. The molecule has 0 saturated heterocycles.